The molecule has 0 aliphatic heterocycles. The smallest absolute Gasteiger partial charge is 0.0721 e. The van der Waals surface area contributed by atoms with Gasteiger partial charge in [0.15, 0.2) is 0 Å². The van der Waals surface area contributed by atoms with Crippen molar-refractivity contribution in [2.45, 2.75) is 38.7 Å². The van der Waals surface area contributed by atoms with Crippen LogP contribution in [0.2, 0.25) is 0 Å². The normalized spacial score (nSPS) is 14.1. The van der Waals surface area contributed by atoms with Crippen molar-refractivity contribution in [3.8, 4) is 0 Å². The zero-order valence-corrected chi connectivity index (χ0v) is 7.16. The lowest BCUT2D eigenvalue weighted by molar-refractivity contribution is 0.207. The predicted molar refractivity (Wildman–Crippen MR) is 46.4 cm³/mol. The Morgan fingerprint density at radius 3 is 2.64 bits per heavy atom. The molecule has 2 nitrogen and oxygen atoms in total. The Labute approximate surface area is 68.6 Å². The maximum Gasteiger partial charge on any atom is 0.0721 e. The molecule has 11 heavy (non-hydrogen) atoms. The molecule has 0 fully saturated rings. The van der Waals surface area contributed by atoms with Crippen LogP contribution < -0.4 is 0 Å². The molecule has 1 unspecified atom stereocenters. The highest BCUT2D eigenvalue weighted by molar-refractivity contribution is 4.87. The van der Waals surface area contributed by atoms with Gasteiger partial charge in [0.25, 0.3) is 0 Å². The maximum atomic E-state index is 9.21. The Kier molecular flexibility index (Phi) is 7.52. The molecule has 0 saturated carbocycles. The molecule has 2 heteroatoms. The quantitative estimate of drug-likeness (QED) is 0.454. The van der Waals surface area contributed by atoms with Gasteiger partial charge in [-0.05, 0) is 6.42 Å². The molecule has 0 spiro atoms. The Morgan fingerprint density at radius 1 is 1.36 bits per heavy atom. The molecule has 66 valence electrons. The second kappa shape index (κ2) is 7.76. The van der Waals surface area contributed by atoms with E-state index in [1.165, 1.54) is 12.8 Å². The van der Waals surface area contributed by atoms with Crippen LogP contribution in [0.15, 0.2) is 12.2 Å². The van der Waals surface area contributed by atoms with Crippen molar-refractivity contribution in [1.82, 2.24) is 0 Å². The van der Waals surface area contributed by atoms with Crippen molar-refractivity contribution in [1.29, 1.82) is 0 Å². The molecule has 0 aliphatic rings. The molecular formula is C9H18O2. The summed E-state index contributed by atoms with van der Waals surface area (Å²) in [6, 6.07) is 0. The van der Waals surface area contributed by atoms with E-state index in [1.54, 1.807) is 12.2 Å². The van der Waals surface area contributed by atoms with E-state index in [0.29, 0.717) is 0 Å². The van der Waals surface area contributed by atoms with E-state index in [9.17, 15) is 5.11 Å². The number of rotatable bonds is 6. The van der Waals surface area contributed by atoms with Crippen LogP contribution in [-0.4, -0.2) is 22.9 Å². The van der Waals surface area contributed by atoms with Gasteiger partial charge in [0.2, 0.25) is 0 Å². The molecule has 0 aromatic rings. The Bertz CT molecular complexity index is 99.7. The Hall–Kier alpha value is -0.340. The number of unbranched alkanes of at least 4 members (excludes halogenated alkanes) is 2. The van der Waals surface area contributed by atoms with Crippen molar-refractivity contribution < 1.29 is 10.2 Å². The minimum Gasteiger partial charge on any atom is -0.392 e. The van der Waals surface area contributed by atoms with Gasteiger partial charge in [-0.15, -0.1) is 0 Å². The molecule has 0 amide bonds. The largest absolute Gasteiger partial charge is 0.392 e. The van der Waals surface area contributed by atoms with E-state index >= 15 is 0 Å². The molecule has 2 N–H and O–H groups in total. The fourth-order valence-corrected chi connectivity index (χ4v) is 0.918. The van der Waals surface area contributed by atoms with Gasteiger partial charge in [0.05, 0.1) is 12.7 Å². The second-order valence-corrected chi connectivity index (χ2v) is 2.67. The van der Waals surface area contributed by atoms with Crippen LogP contribution in [0.1, 0.15) is 32.6 Å². The highest BCUT2D eigenvalue weighted by Crippen LogP contribution is 2.03. The zero-order chi connectivity index (χ0) is 8.53. The van der Waals surface area contributed by atoms with Gasteiger partial charge in [-0.2, -0.15) is 0 Å². The Balaban J connectivity index is 3.21. The van der Waals surface area contributed by atoms with Crippen LogP contribution in [0.5, 0.6) is 0 Å². The molecule has 0 rings (SSSR count). The van der Waals surface area contributed by atoms with Gasteiger partial charge in [0.1, 0.15) is 0 Å². The molecule has 0 heterocycles. The van der Waals surface area contributed by atoms with Crippen LogP contribution in [-0.2, 0) is 0 Å². The van der Waals surface area contributed by atoms with Crippen LogP contribution in [0.3, 0.4) is 0 Å². The number of hydrogen-bond donors (Lipinski definition) is 2. The first-order chi connectivity index (χ1) is 5.31. The van der Waals surface area contributed by atoms with Gasteiger partial charge in [-0.1, -0.05) is 38.3 Å². The monoisotopic (exact) mass is 158 g/mol. The van der Waals surface area contributed by atoms with Crippen LogP contribution in [0.25, 0.3) is 0 Å². The van der Waals surface area contributed by atoms with Crippen molar-refractivity contribution in [2.24, 2.45) is 0 Å². The van der Waals surface area contributed by atoms with Crippen LogP contribution >= 0.6 is 0 Å². The van der Waals surface area contributed by atoms with E-state index in [-0.39, 0.29) is 12.7 Å². The lowest BCUT2D eigenvalue weighted by atomic mass is 10.1. The minimum absolute atomic E-state index is 0.0187. The third-order valence-corrected chi connectivity index (χ3v) is 1.57. The molecule has 0 saturated heterocycles. The van der Waals surface area contributed by atoms with Crippen LogP contribution in [0.4, 0.5) is 0 Å². The SMILES string of the molecule is CCCCCC(O)C=CCO. The molecule has 0 aliphatic carbocycles. The summed E-state index contributed by atoms with van der Waals surface area (Å²) in [7, 11) is 0. The summed E-state index contributed by atoms with van der Waals surface area (Å²) in [5.41, 5.74) is 0. The predicted octanol–water partition coefficient (Wildman–Crippen LogP) is 1.48. The third-order valence-electron chi connectivity index (χ3n) is 1.57. The average molecular weight is 158 g/mol. The minimum atomic E-state index is -0.367. The number of hydrogen-bond acceptors (Lipinski definition) is 2. The summed E-state index contributed by atoms with van der Waals surface area (Å²) in [6.45, 7) is 2.15. The summed E-state index contributed by atoms with van der Waals surface area (Å²) >= 11 is 0. The van der Waals surface area contributed by atoms with Crippen molar-refractivity contribution >= 4 is 0 Å². The second-order valence-electron chi connectivity index (χ2n) is 2.67. The van der Waals surface area contributed by atoms with E-state index in [4.69, 9.17) is 5.11 Å². The molecular weight excluding hydrogens is 140 g/mol. The summed E-state index contributed by atoms with van der Waals surface area (Å²) in [5, 5.41) is 17.6. The fourth-order valence-electron chi connectivity index (χ4n) is 0.918. The fraction of sp³-hybridized carbons (Fsp3) is 0.778. The lowest BCUT2D eigenvalue weighted by Crippen LogP contribution is -2.01. The summed E-state index contributed by atoms with van der Waals surface area (Å²) in [5.74, 6) is 0. The first-order valence-electron chi connectivity index (χ1n) is 4.26. The molecule has 0 aromatic carbocycles. The molecule has 1 atom stereocenters. The van der Waals surface area contributed by atoms with E-state index in [0.717, 1.165) is 12.8 Å². The average Bonchev–Trinajstić information content (AvgIpc) is 2.01. The number of aliphatic hydroxyl groups excluding tert-OH is 2. The summed E-state index contributed by atoms with van der Waals surface area (Å²) < 4.78 is 0. The standard InChI is InChI=1S/C9H18O2/c1-2-3-4-6-9(11)7-5-8-10/h5,7,9-11H,2-4,6,8H2,1H3. The molecule has 0 radical (unpaired) electrons. The summed E-state index contributed by atoms with van der Waals surface area (Å²) in [4.78, 5) is 0. The third kappa shape index (κ3) is 7.56. The van der Waals surface area contributed by atoms with Gasteiger partial charge in [-0.3, -0.25) is 0 Å². The van der Waals surface area contributed by atoms with E-state index in [1.807, 2.05) is 0 Å². The van der Waals surface area contributed by atoms with Gasteiger partial charge >= 0.3 is 0 Å². The van der Waals surface area contributed by atoms with Crippen molar-refractivity contribution in [3.05, 3.63) is 12.2 Å². The van der Waals surface area contributed by atoms with E-state index in [2.05, 4.69) is 6.92 Å². The highest BCUT2D eigenvalue weighted by atomic mass is 16.3. The topological polar surface area (TPSA) is 40.5 Å². The van der Waals surface area contributed by atoms with Crippen molar-refractivity contribution in [3.63, 3.8) is 0 Å². The maximum absolute atomic E-state index is 9.21. The first kappa shape index (κ1) is 10.7. The molecule has 0 bridgehead atoms. The highest BCUT2D eigenvalue weighted by Gasteiger charge is 1.96. The van der Waals surface area contributed by atoms with Gasteiger partial charge < -0.3 is 10.2 Å². The van der Waals surface area contributed by atoms with Gasteiger partial charge in [0, 0.05) is 0 Å². The zero-order valence-electron chi connectivity index (χ0n) is 7.16. The first-order valence-corrected chi connectivity index (χ1v) is 4.26. The summed E-state index contributed by atoms with van der Waals surface area (Å²) in [6.07, 6.45) is 7.08. The lowest BCUT2D eigenvalue weighted by Gasteiger charge is -2.03. The molecule has 0 aromatic heterocycles. The van der Waals surface area contributed by atoms with Gasteiger partial charge in [-0.25, -0.2) is 0 Å². The Morgan fingerprint density at radius 2 is 2.09 bits per heavy atom. The van der Waals surface area contributed by atoms with Crippen LogP contribution in [0, 0.1) is 0 Å². The number of aliphatic hydroxyl groups is 2. The van der Waals surface area contributed by atoms with E-state index < -0.39 is 0 Å². The van der Waals surface area contributed by atoms with Crippen molar-refractivity contribution in [2.75, 3.05) is 6.61 Å².